The van der Waals surface area contributed by atoms with Gasteiger partial charge in [0.1, 0.15) is 0 Å². The Morgan fingerprint density at radius 3 is 2.73 bits per heavy atom. The number of benzene rings is 1. The summed E-state index contributed by atoms with van der Waals surface area (Å²) in [5.41, 5.74) is 1.87. The number of rotatable bonds is 5. The number of fused-ring (bicyclic) bond motifs is 1. The molecule has 0 bridgehead atoms. The quantitative estimate of drug-likeness (QED) is 0.460. The Morgan fingerprint density at radius 2 is 2.00 bits per heavy atom. The standard InChI is InChI=1S/C23H21ClFN5O2S/c1-14-2-4-17(5-3-14)33(31,32)30-13-19(18-9-16(24)11-28-23(18)30)22-27-12-20(25)21(29-22)8-15-6-7-26-10-15/h2-5,9,11-13,15,26H,6-8,10H2,1H3/t15-/m0/s1. The molecule has 0 spiro atoms. The molecule has 1 aliphatic rings. The number of pyridine rings is 1. The first kappa shape index (κ1) is 21.9. The Bertz CT molecular complexity index is 1450. The van der Waals surface area contributed by atoms with Gasteiger partial charge in [0, 0.05) is 23.3 Å². The number of halogens is 2. The van der Waals surface area contributed by atoms with Crippen molar-refractivity contribution in [3.8, 4) is 11.4 Å². The summed E-state index contributed by atoms with van der Waals surface area (Å²) in [6, 6.07) is 8.18. The number of nitrogens with zero attached hydrogens (tertiary/aromatic N) is 4. The fourth-order valence-electron chi connectivity index (χ4n) is 4.08. The van der Waals surface area contributed by atoms with Crippen molar-refractivity contribution in [2.45, 2.75) is 24.7 Å². The van der Waals surface area contributed by atoms with Gasteiger partial charge in [-0.1, -0.05) is 29.3 Å². The molecule has 1 atom stereocenters. The van der Waals surface area contributed by atoms with E-state index in [1.807, 2.05) is 6.92 Å². The van der Waals surface area contributed by atoms with Gasteiger partial charge in [-0.15, -0.1) is 0 Å². The summed E-state index contributed by atoms with van der Waals surface area (Å²) in [7, 11) is -3.95. The van der Waals surface area contributed by atoms with Gasteiger partial charge in [0.15, 0.2) is 17.3 Å². The lowest BCUT2D eigenvalue weighted by molar-refractivity contribution is 0.528. The molecule has 1 fully saturated rings. The second-order valence-electron chi connectivity index (χ2n) is 8.23. The third kappa shape index (κ3) is 4.12. The molecule has 0 amide bonds. The van der Waals surface area contributed by atoms with Crippen LogP contribution in [0.15, 0.2) is 53.8 Å². The van der Waals surface area contributed by atoms with Crippen LogP contribution in [0.5, 0.6) is 0 Å². The van der Waals surface area contributed by atoms with Crippen molar-refractivity contribution in [2.24, 2.45) is 5.92 Å². The molecule has 1 N–H and O–H groups in total. The highest BCUT2D eigenvalue weighted by Gasteiger charge is 2.25. The highest BCUT2D eigenvalue weighted by molar-refractivity contribution is 7.90. The second kappa shape index (κ2) is 8.48. The van der Waals surface area contributed by atoms with E-state index in [0.29, 0.717) is 34.0 Å². The summed E-state index contributed by atoms with van der Waals surface area (Å²) in [5.74, 6) is 0.0451. The molecule has 7 nitrogen and oxygen atoms in total. The molecule has 10 heteroatoms. The van der Waals surface area contributed by atoms with Crippen LogP contribution in [0.25, 0.3) is 22.4 Å². The minimum Gasteiger partial charge on any atom is -0.316 e. The molecule has 0 unspecified atom stereocenters. The highest BCUT2D eigenvalue weighted by Crippen LogP contribution is 2.32. The monoisotopic (exact) mass is 485 g/mol. The maximum atomic E-state index is 14.5. The van der Waals surface area contributed by atoms with Gasteiger partial charge in [-0.3, -0.25) is 0 Å². The van der Waals surface area contributed by atoms with Crippen molar-refractivity contribution in [2.75, 3.05) is 13.1 Å². The summed E-state index contributed by atoms with van der Waals surface area (Å²) in [6.07, 6.45) is 5.38. The number of aromatic nitrogens is 4. The van der Waals surface area contributed by atoms with E-state index in [2.05, 4.69) is 20.3 Å². The average Bonchev–Trinajstić information content (AvgIpc) is 3.43. The van der Waals surface area contributed by atoms with E-state index < -0.39 is 15.8 Å². The third-order valence-corrected chi connectivity index (χ3v) is 7.73. The molecule has 1 saturated heterocycles. The van der Waals surface area contributed by atoms with E-state index in [0.717, 1.165) is 35.2 Å². The predicted octanol–water partition coefficient (Wildman–Crippen LogP) is 3.98. The van der Waals surface area contributed by atoms with E-state index >= 15 is 0 Å². The Kier molecular flexibility index (Phi) is 5.64. The van der Waals surface area contributed by atoms with Crippen LogP contribution in [0.3, 0.4) is 0 Å². The molecule has 4 heterocycles. The third-order valence-electron chi connectivity index (χ3n) is 5.86. The average molecular weight is 486 g/mol. The Morgan fingerprint density at radius 1 is 1.21 bits per heavy atom. The fourth-order valence-corrected chi connectivity index (χ4v) is 5.56. The van der Waals surface area contributed by atoms with Crippen LogP contribution < -0.4 is 5.32 Å². The molecule has 4 aromatic rings. The van der Waals surface area contributed by atoms with E-state index in [1.165, 1.54) is 12.4 Å². The van der Waals surface area contributed by atoms with Gasteiger partial charge in [0.25, 0.3) is 10.0 Å². The normalized spacial score (nSPS) is 16.5. The summed E-state index contributed by atoms with van der Waals surface area (Å²) >= 11 is 6.18. The molecular weight excluding hydrogens is 465 g/mol. The second-order valence-corrected chi connectivity index (χ2v) is 10.5. The Labute approximate surface area is 195 Å². The van der Waals surface area contributed by atoms with Gasteiger partial charge in [-0.2, -0.15) is 0 Å². The lowest BCUT2D eigenvalue weighted by Gasteiger charge is -2.09. The first-order chi connectivity index (χ1) is 15.8. The first-order valence-corrected chi connectivity index (χ1v) is 12.4. The van der Waals surface area contributed by atoms with Crippen molar-refractivity contribution in [3.63, 3.8) is 0 Å². The smallest absolute Gasteiger partial charge is 0.269 e. The summed E-state index contributed by atoms with van der Waals surface area (Å²) in [6.45, 7) is 3.60. The van der Waals surface area contributed by atoms with Crippen LogP contribution in [0.4, 0.5) is 4.39 Å². The van der Waals surface area contributed by atoms with Gasteiger partial charge >= 0.3 is 0 Å². The van der Waals surface area contributed by atoms with Crippen molar-refractivity contribution < 1.29 is 12.8 Å². The van der Waals surface area contributed by atoms with Crippen molar-refractivity contribution in [3.05, 3.63) is 71.0 Å². The molecule has 33 heavy (non-hydrogen) atoms. The summed E-state index contributed by atoms with van der Waals surface area (Å²) < 4.78 is 42.4. The molecule has 3 aromatic heterocycles. The molecule has 1 aliphatic heterocycles. The SMILES string of the molecule is Cc1ccc(S(=O)(=O)n2cc(-c3ncc(F)c(C[C@@H]4CCNC4)n3)c3cc(Cl)cnc32)cc1. The van der Waals surface area contributed by atoms with E-state index in [9.17, 15) is 12.8 Å². The molecule has 1 aromatic carbocycles. The maximum absolute atomic E-state index is 14.5. The number of hydrogen-bond donors (Lipinski definition) is 1. The van der Waals surface area contributed by atoms with Crippen molar-refractivity contribution in [1.29, 1.82) is 0 Å². The van der Waals surface area contributed by atoms with Crippen LogP contribution in [-0.2, 0) is 16.4 Å². The zero-order chi connectivity index (χ0) is 23.2. The molecular formula is C23H21ClFN5O2S. The highest BCUT2D eigenvalue weighted by atomic mass is 35.5. The minimum atomic E-state index is -3.95. The lowest BCUT2D eigenvalue weighted by atomic mass is 10.0. The lowest BCUT2D eigenvalue weighted by Crippen LogP contribution is -2.13. The zero-order valence-electron chi connectivity index (χ0n) is 17.8. The topological polar surface area (TPSA) is 89.8 Å². The Balaban J connectivity index is 1.65. The fraction of sp³-hybridized carbons (Fsp3) is 0.261. The molecule has 5 rings (SSSR count). The van der Waals surface area contributed by atoms with Gasteiger partial charge in [-0.05, 0) is 57.0 Å². The van der Waals surface area contributed by atoms with Crippen LogP contribution in [0.2, 0.25) is 5.02 Å². The van der Waals surface area contributed by atoms with Crippen molar-refractivity contribution >= 4 is 32.7 Å². The van der Waals surface area contributed by atoms with Gasteiger partial charge in [-0.25, -0.2) is 31.7 Å². The van der Waals surface area contributed by atoms with Crippen LogP contribution in [0, 0.1) is 18.7 Å². The van der Waals surface area contributed by atoms with Gasteiger partial charge in [0.2, 0.25) is 0 Å². The van der Waals surface area contributed by atoms with Gasteiger partial charge in [0.05, 0.1) is 21.8 Å². The minimum absolute atomic E-state index is 0.128. The Hall–Kier alpha value is -2.88. The van der Waals surface area contributed by atoms with Crippen LogP contribution in [0.1, 0.15) is 17.7 Å². The van der Waals surface area contributed by atoms with Crippen LogP contribution in [-0.4, -0.2) is 40.4 Å². The summed E-state index contributed by atoms with van der Waals surface area (Å²) in [4.78, 5) is 13.0. The molecule has 0 radical (unpaired) electrons. The molecule has 0 saturated carbocycles. The van der Waals surface area contributed by atoms with Crippen LogP contribution >= 0.6 is 11.6 Å². The summed E-state index contributed by atoms with van der Waals surface area (Å²) in [5, 5.41) is 4.08. The molecule has 170 valence electrons. The van der Waals surface area contributed by atoms with Gasteiger partial charge < -0.3 is 5.32 Å². The maximum Gasteiger partial charge on any atom is 0.269 e. The zero-order valence-corrected chi connectivity index (χ0v) is 19.4. The van der Waals surface area contributed by atoms with E-state index in [4.69, 9.17) is 11.6 Å². The largest absolute Gasteiger partial charge is 0.316 e. The van der Waals surface area contributed by atoms with E-state index in [-0.39, 0.29) is 16.4 Å². The van der Waals surface area contributed by atoms with E-state index in [1.54, 1.807) is 30.3 Å². The predicted molar refractivity (Wildman–Crippen MR) is 124 cm³/mol. The molecule has 0 aliphatic carbocycles. The first-order valence-electron chi connectivity index (χ1n) is 10.5. The van der Waals surface area contributed by atoms with Crippen molar-refractivity contribution in [1.82, 2.24) is 24.2 Å². The number of aryl methyl sites for hydroxylation is 1. The number of nitrogens with one attached hydrogen (secondary N) is 1. The number of hydrogen-bond acceptors (Lipinski definition) is 6.